The van der Waals surface area contributed by atoms with Crippen LogP contribution in [0.5, 0.6) is 0 Å². The molecular weight excluding hydrogens is 433 g/mol. The molecule has 0 bridgehead atoms. The molecule has 0 saturated heterocycles. The number of nitrogens with zero attached hydrogens (tertiary/aromatic N) is 1. The number of hydrogen-bond acceptors (Lipinski definition) is 4. The molecule has 0 radical (unpaired) electrons. The summed E-state index contributed by atoms with van der Waals surface area (Å²) in [5, 5.41) is 7.01. The van der Waals surface area contributed by atoms with E-state index in [1.54, 1.807) is 7.11 Å². The second-order valence-electron chi connectivity index (χ2n) is 6.68. The summed E-state index contributed by atoms with van der Waals surface area (Å²) in [5.41, 5.74) is 0.357. The lowest BCUT2D eigenvalue weighted by atomic mass is 9.51. The lowest BCUT2D eigenvalue weighted by molar-refractivity contribution is -0.168. The van der Waals surface area contributed by atoms with E-state index in [1.165, 1.54) is 19.3 Å². The Morgan fingerprint density at radius 2 is 2.00 bits per heavy atom. The SMILES string of the molecule is CCNC(=NCCCOCCOC)NC1CC(OCC)C12CCC2.I. The maximum absolute atomic E-state index is 5.93. The molecule has 2 saturated carbocycles. The van der Waals surface area contributed by atoms with Gasteiger partial charge in [-0.25, -0.2) is 0 Å². The summed E-state index contributed by atoms with van der Waals surface area (Å²) in [6.45, 7) is 8.70. The van der Waals surface area contributed by atoms with Gasteiger partial charge in [0.1, 0.15) is 0 Å². The number of rotatable bonds is 11. The summed E-state index contributed by atoms with van der Waals surface area (Å²) in [5.74, 6) is 0.931. The topological polar surface area (TPSA) is 64.1 Å². The van der Waals surface area contributed by atoms with Crippen molar-refractivity contribution in [1.82, 2.24) is 10.6 Å². The van der Waals surface area contributed by atoms with Crippen LogP contribution in [0.1, 0.15) is 46.0 Å². The van der Waals surface area contributed by atoms with Gasteiger partial charge in [0.15, 0.2) is 5.96 Å². The van der Waals surface area contributed by atoms with E-state index in [0.717, 1.165) is 45.1 Å². The zero-order chi connectivity index (χ0) is 17.3. The minimum atomic E-state index is 0. The molecule has 6 nitrogen and oxygen atoms in total. The second-order valence-corrected chi connectivity index (χ2v) is 6.68. The van der Waals surface area contributed by atoms with Crippen LogP contribution >= 0.6 is 24.0 Å². The van der Waals surface area contributed by atoms with Gasteiger partial charge in [0, 0.05) is 44.9 Å². The van der Waals surface area contributed by atoms with Crippen LogP contribution in [0, 0.1) is 5.41 Å². The van der Waals surface area contributed by atoms with E-state index in [0.29, 0.717) is 30.8 Å². The van der Waals surface area contributed by atoms with Gasteiger partial charge >= 0.3 is 0 Å². The summed E-state index contributed by atoms with van der Waals surface area (Å²) in [6, 6.07) is 0.499. The molecule has 0 aromatic carbocycles. The maximum Gasteiger partial charge on any atom is 0.191 e. The third-order valence-electron chi connectivity index (χ3n) is 5.24. The summed E-state index contributed by atoms with van der Waals surface area (Å²) in [7, 11) is 1.69. The summed E-state index contributed by atoms with van der Waals surface area (Å²) in [4.78, 5) is 4.69. The van der Waals surface area contributed by atoms with E-state index in [1.807, 2.05) is 0 Å². The molecule has 2 N–H and O–H groups in total. The quantitative estimate of drug-likeness (QED) is 0.211. The Labute approximate surface area is 169 Å². The molecule has 0 aromatic rings. The molecular formula is C18H36IN3O3. The minimum Gasteiger partial charge on any atom is -0.382 e. The molecule has 2 atom stereocenters. The minimum absolute atomic E-state index is 0. The van der Waals surface area contributed by atoms with E-state index in [-0.39, 0.29) is 24.0 Å². The Bertz CT molecular complexity index is 392. The van der Waals surface area contributed by atoms with Gasteiger partial charge in [0.2, 0.25) is 0 Å². The van der Waals surface area contributed by atoms with Crippen molar-refractivity contribution in [3.8, 4) is 0 Å². The Balaban J connectivity index is 0.00000312. The zero-order valence-electron chi connectivity index (χ0n) is 16.0. The number of guanidine groups is 1. The van der Waals surface area contributed by atoms with Crippen LogP contribution in [0.15, 0.2) is 4.99 Å². The Morgan fingerprint density at radius 1 is 1.20 bits per heavy atom. The van der Waals surface area contributed by atoms with Crippen LogP contribution < -0.4 is 10.6 Å². The molecule has 25 heavy (non-hydrogen) atoms. The number of hydrogen-bond donors (Lipinski definition) is 2. The molecule has 2 fully saturated rings. The molecule has 7 heteroatoms. The highest BCUT2D eigenvalue weighted by molar-refractivity contribution is 14.0. The monoisotopic (exact) mass is 469 g/mol. The highest BCUT2D eigenvalue weighted by Crippen LogP contribution is 2.57. The first-order valence-electron chi connectivity index (χ1n) is 9.50. The van der Waals surface area contributed by atoms with E-state index in [9.17, 15) is 0 Å². The Kier molecular flexibility index (Phi) is 11.3. The van der Waals surface area contributed by atoms with Crippen molar-refractivity contribution in [1.29, 1.82) is 0 Å². The summed E-state index contributed by atoms with van der Waals surface area (Å²) < 4.78 is 16.4. The van der Waals surface area contributed by atoms with E-state index >= 15 is 0 Å². The maximum atomic E-state index is 5.93. The Morgan fingerprint density at radius 3 is 2.60 bits per heavy atom. The molecule has 2 rings (SSSR count). The van der Waals surface area contributed by atoms with Gasteiger partial charge in [-0.2, -0.15) is 0 Å². The van der Waals surface area contributed by atoms with Crippen LogP contribution in [-0.4, -0.2) is 64.7 Å². The molecule has 1 spiro atoms. The second kappa shape index (κ2) is 12.3. The average molecular weight is 469 g/mol. The fourth-order valence-corrected chi connectivity index (χ4v) is 3.73. The third-order valence-corrected chi connectivity index (χ3v) is 5.24. The van der Waals surface area contributed by atoms with E-state index < -0.39 is 0 Å². The predicted molar refractivity (Wildman–Crippen MR) is 112 cm³/mol. The van der Waals surface area contributed by atoms with Gasteiger partial charge in [0.25, 0.3) is 0 Å². The zero-order valence-corrected chi connectivity index (χ0v) is 18.3. The van der Waals surface area contributed by atoms with Gasteiger partial charge in [-0.15, -0.1) is 24.0 Å². The predicted octanol–water partition coefficient (Wildman–Crippen LogP) is 2.56. The first-order chi connectivity index (χ1) is 11.8. The highest BCUT2D eigenvalue weighted by Gasteiger charge is 2.59. The smallest absolute Gasteiger partial charge is 0.191 e. The Hall–Kier alpha value is -0.120. The first kappa shape index (κ1) is 22.9. The molecule has 2 aliphatic rings. The van der Waals surface area contributed by atoms with Crippen molar-refractivity contribution in [3.05, 3.63) is 0 Å². The van der Waals surface area contributed by atoms with Gasteiger partial charge in [-0.05, 0) is 39.5 Å². The third kappa shape index (κ3) is 6.22. The molecule has 0 aliphatic heterocycles. The standard InChI is InChI=1S/C18H35N3O3.HI/c1-4-19-17(20-10-7-11-23-13-12-22-3)21-15-14-16(24-5-2)18(15)8-6-9-18;/h15-16H,4-14H2,1-3H3,(H2,19,20,21);1H. The summed E-state index contributed by atoms with van der Waals surface area (Å²) >= 11 is 0. The average Bonchev–Trinajstić information content (AvgIpc) is 2.51. The van der Waals surface area contributed by atoms with Gasteiger partial charge in [-0.3, -0.25) is 4.99 Å². The van der Waals surface area contributed by atoms with Gasteiger partial charge in [-0.1, -0.05) is 6.42 Å². The van der Waals surface area contributed by atoms with Crippen molar-refractivity contribution in [3.63, 3.8) is 0 Å². The fraction of sp³-hybridized carbons (Fsp3) is 0.944. The van der Waals surface area contributed by atoms with E-state index in [4.69, 9.17) is 19.2 Å². The first-order valence-corrected chi connectivity index (χ1v) is 9.50. The van der Waals surface area contributed by atoms with Gasteiger partial charge < -0.3 is 24.8 Å². The summed E-state index contributed by atoms with van der Waals surface area (Å²) in [6.07, 6.45) is 6.35. The molecule has 0 heterocycles. The lowest BCUT2D eigenvalue weighted by Crippen LogP contribution is -2.68. The molecule has 0 aromatic heterocycles. The van der Waals surface area contributed by atoms with Crippen LogP contribution in [0.4, 0.5) is 0 Å². The number of ether oxygens (including phenoxy) is 3. The largest absolute Gasteiger partial charge is 0.382 e. The number of nitrogens with one attached hydrogen (secondary N) is 2. The number of aliphatic imine (C=N–C) groups is 1. The fourth-order valence-electron chi connectivity index (χ4n) is 3.73. The highest BCUT2D eigenvalue weighted by atomic mass is 127. The number of methoxy groups -OCH3 is 1. The van der Waals surface area contributed by atoms with Crippen molar-refractivity contribution in [2.24, 2.45) is 10.4 Å². The molecule has 148 valence electrons. The van der Waals surface area contributed by atoms with Crippen molar-refractivity contribution < 1.29 is 14.2 Å². The van der Waals surface area contributed by atoms with Crippen molar-refractivity contribution >= 4 is 29.9 Å². The van der Waals surface area contributed by atoms with Crippen LogP contribution in [0.3, 0.4) is 0 Å². The van der Waals surface area contributed by atoms with Crippen molar-refractivity contribution in [2.45, 2.75) is 58.1 Å². The normalized spacial score (nSPS) is 24.2. The van der Waals surface area contributed by atoms with Crippen molar-refractivity contribution in [2.75, 3.05) is 46.6 Å². The van der Waals surface area contributed by atoms with Crippen LogP contribution in [-0.2, 0) is 14.2 Å². The van der Waals surface area contributed by atoms with Gasteiger partial charge in [0.05, 0.1) is 19.3 Å². The van der Waals surface area contributed by atoms with E-state index in [2.05, 4.69) is 24.5 Å². The number of halogens is 1. The molecule has 2 unspecified atom stereocenters. The van der Waals surface area contributed by atoms with Crippen LogP contribution in [0.25, 0.3) is 0 Å². The van der Waals surface area contributed by atoms with Crippen LogP contribution in [0.2, 0.25) is 0 Å². The molecule has 2 aliphatic carbocycles. The molecule has 0 amide bonds. The lowest BCUT2D eigenvalue weighted by Gasteiger charge is -2.61.